The SMILES string of the molecule is CSc1ccc(S(=O)(=O)N[C@@H]2CC(C)(C)Oc3ccccc32)cc1. The third-order valence-electron chi connectivity index (χ3n) is 4.04. The zero-order valence-corrected chi connectivity index (χ0v) is 15.6. The molecular formula is C18H21NO3S2. The Labute approximate surface area is 147 Å². The second-order valence-corrected chi connectivity index (χ2v) is 9.05. The molecule has 4 nitrogen and oxygen atoms in total. The van der Waals surface area contributed by atoms with Crippen molar-refractivity contribution >= 4 is 21.8 Å². The molecule has 6 heteroatoms. The van der Waals surface area contributed by atoms with Crippen LogP contribution in [0.5, 0.6) is 5.75 Å². The summed E-state index contributed by atoms with van der Waals surface area (Å²) in [5, 5.41) is 0. The molecule has 0 saturated carbocycles. The summed E-state index contributed by atoms with van der Waals surface area (Å²) < 4.78 is 34.3. The summed E-state index contributed by atoms with van der Waals surface area (Å²) in [5.41, 5.74) is 0.450. The number of para-hydroxylation sites is 1. The molecule has 0 saturated heterocycles. The molecule has 0 amide bonds. The van der Waals surface area contributed by atoms with Gasteiger partial charge in [-0.05, 0) is 50.4 Å². The minimum atomic E-state index is -3.59. The quantitative estimate of drug-likeness (QED) is 0.835. The number of ether oxygens (including phenoxy) is 1. The molecule has 2 aromatic carbocycles. The summed E-state index contributed by atoms with van der Waals surface area (Å²) in [6, 6.07) is 14.2. The molecule has 1 aliphatic rings. The fraction of sp³-hybridized carbons (Fsp3) is 0.333. The highest BCUT2D eigenvalue weighted by atomic mass is 32.2. The number of hydrogen-bond acceptors (Lipinski definition) is 4. The molecule has 1 heterocycles. The highest BCUT2D eigenvalue weighted by Crippen LogP contribution is 2.39. The second kappa shape index (κ2) is 6.43. The summed E-state index contributed by atoms with van der Waals surface area (Å²) in [6.07, 6.45) is 2.54. The molecule has 0 bridgehead atoms. The predicted octanol–water partition coefficient (Wildman–Crippen LogP) is 3.99. The van der Waals surface area contributed by atoms with Crippen LogP contribution < -0.4 is 9.46 Å². The van der Waals surface area contributed by atoms with Crippen LogP contribution in [0.4, 0.5) is 0 Å². The molecule has 0 unspecified atom stereocenters. The Balaban J connectivity index is 1.91. The van der Waals surface area contributed by atoms with Gasteiger partial charge in [-0.1, -0.05) is 18.2 Å². The maximum atomic E-state index is 12.8. The van der Waals surface area contributed by atoms with Crippen molar-refractivity contribution in [2.45, 2.75) is 41.7 Å². The van der Waals surface area contributed by atoms with E-state index in [0.29, 0.717) is 6.42 Å². The van der Waals surface area contributed by atoms with Crippen LogP contribution in [0.2, 0.25) is 0 Å². The molecule has 1 N–H and O–H groups in total. The minimum Gasteiger partial charge on any atom is -0.487 e. The van der Waals surface area contributed by atoms with Crippen LogP contribution in [0.1, 0.15) is 31.9 Å². The number of thioether (sulfide) groups is 1. The molecule has 0 aliphatic carbocycles. The average molecular weight is 364 g/mol. The van der Waals surface area contributed by atoms with Gasteiger partial charge in [-0.2, -0.15) is 0 Å². The van der Waals surface area contributed by atoms with Gasteiger partial charge in [0.1, 0.15) is 11.4 Å². The first-order valence-electron chi connectivity index (χ1n) is 7.75. The Morgan fingerprint density at radius 3 is 2.46 bits per heavy atom. The van der Waals surface area contributed by atoms with E-state index in [-0.39, 0.29) is 10.9 Å². The summed E-state index contributed by atoms with van der Waals surface area (Å²) in [7, 11) is -3.59. The molecule has 1 aliphatic heterocycles. The minimum absolute atomic E-state index is 0.280. The normalized spacial score (nSPS) is 19.4. The van der Waals surface area contributed by atoms with Crippen LogP contribution in [0.25, 0.3) is 0 Å². The van der Waals surface area contributed by atoms with E-state index in [2.05, 4.69) is 4.72 Å². The van der Waals surface area contributed by atoms with Crippen LogP contribution in [0.15, 0.2) is 58.3 Å². The lowest BCUT2D eigenvalue weighted by Gasteiger charge is -2.37. The van der Waals surface area contributed by atoms with Gasteiger partial charge in [0.2, 0.25) is 10.0 Å². The van der Waals surface area contributed by atoms with E-state index in [1.54, 1.807) is 23.9 Å². The van der Waals surface area contributed by atoms with Crippen molar-refractivity contribution < 1.29 is 13.2 Å². The van der Waals surface area contributed by atoms with Gasteiger partial charge in [-0.3, -0.25) is 0 Å². The van der Waals surface area contributed by atoms with Gasteiger partial charge in [-0.25, -0.2) is 13.1 Å². The Bertz CT molecular complexity index is 830. The van der Waals surface area contributed by atoms with Crippen LogP contribution in [0.3, 0.4) is 0 Å². The van der Waals surface area contributed by atoms with Crippen molar-refractivity contribution in [3.8, 4) is 5.75 Å². The molecule has 128 valence electrons. The molecule has 0 aromatic heterocycles. The standard InChI is InChI=1S/C18H21NO3S2/c1-18(2)12-16(15-6-4-5-7-17(15)22-18)19-24(20,21)14-10-8-13(23-3)9-11-14/h4-11,16,19H,12H2,1-3H3/t16-/m1/s1. The molecule has 0 radical (unpaired) electrons. The molecule has 24 heavy (non-hydrogen) atoms. The molecular weight excluding hydrogens is 342 g/mol. The fourth-order valence-corrected chi connectivity index (χ4v) is 4.54. The first-order chi connectivity index (χ1) is 11.3. The van der Waals surface area contributed by atoms with Crippen molar-refractivity contribution in [2.75, 3.05) is 6.26 Å². The lowest BCUT2D eigenvalue weighted by molar-refractivity contribution is 0.0702. The van der Waals surface area contributed by atoms with Crippen molar-refractivity contribution in [3.05, 3.63) is 54.1 Å². The van der Waals surface area contributed by atoms with E-state index in [0.717, 1.165) is 16.2 Å². The predicted molar refractivity (Wildman–Crippen MR) is 97.1 cm³/mol. The number of nitrogens with one attached hydrogen (secondary N) is 1. The second-order valence-electron chi connectivity index (χ2n) is 6.45. The maximum Gasteiger partial charge on any atom is 0.241 e. The Hall–Kier alpha value is -1.50. The van der Waals surface area contributed by atoms with Gasteiger partial charge >= 0.3 is 0 Å². The average Bonchev–Trinajstić information content (AvgIpc) is 2.53. The molecule has 0 fully saturated rings. The largest absolute Gasteiger partial charge is 0.487 e. The van der Waals surface area contributed by atoms with Crippen LogP contribution >= 0.6 is 11.8 Å². The number of sulfonamides is 1. The third-order valence-corrected chi connectivity index (χ3v) is 6.27. The molecule has 3 rings (SSSR count). The van der Waals surface area contributed by atoms with E-state index >= 15 is 0 Å². The van der Waals surface area contributed by atoms with Crippen LogP contribution in [-0.4, -0.2) is 20.3 Å². The lowest BCUT2D eigenvalue weighted by atomic mass is 9.90. The van der Waals surface area contributed by atoms with E-state index < -0.39 is 15.6 Å². The van der Waals surface area contributed by atoms with Crippen molar-refractivity contribution in [2.24, 2.45) is 0 Å². The van der Waals surface area contributed by atoms with Crippen molar-refractivity contribution in [1.29, 1.82) is 0 Å². The maximum absolute atomic E-state index is 12.8. The van der Waals surface area contributed by atoms with Crippen LogP contribution in [0, 0.1) is 0 Å². The fourth-order valence-electron chi connectivity index (χ4n) is 2.92. The van der Waals surface area contributed by atoms with E-state index in [1.807, 2.05) is 56.5 Å². The smallest absolute Gasteiger partial charge is 0.241 e. The summed E-state index contributed by atoms with van der Waals surface area (Å²) in [5.74, 6) is 0.735. The molecule has 2 aromatic rings. The number of hydrogen-bond donors (Lipinski definition) is 1. The van der Waals surface area contributed by atoms with Gasteiger partial charge in [0, 0.05) is 16.9 Å². The van der Waals surface area contributed by atoms with Gasteiger partial charge in [-0.15, -0.1) is 11.8 Å². The van der Waals surface area contributed by atoms with Crippen LogP contribution in [-0.2, 0) is 10.0 Å². The summed E-state index contributed by atoms with van der Waals surface area (Å²) >= 11 is 1.58. The Morgan fingerprint density at radius 2 is 1.79 bits per heavy atom. The number of benzene rings is 2. The van der Waals surface area contributed by atoms with Crippen molar-refractivity contribution in [3.63, 3.8) is 0 Å². The highest BCUT2D eigenvalue weighted by molar-refractivity contribution is 7.98. The number of rotatable bonds is 4. The van der Waals surface area contributed by atoms with Crippen molar-refractivity contribution in [1.82, 2.24) is 4.72 Å². The third kappa shape index (κ3) is 3.61. The number of fused-ring (bicyclic) bond motifs is 1. The molecule has 0 spiro atoms. The highest BCUT2D eigenvalue weighted by Gasteiger charge is 2.35. The van der Waals surface area contributed by atoms with E-state index in [1.165, 1.54) is 0 Å². The first-order valence-corrected chi connectivity index (χ1v) is 10.5. The first kappa shape index (κ1) is 17.3. The van der Waals surface area contributed by atoms with Gasteiger partial charge in [0.25, 0.3) is 0 Å². The lowest BCUT2D eigenvalue weighted by Crippen LogP contribution is -2.41. The topological polar surface area (TPSA) is 55.4 Å². The van der Waals surface area contributed by atoms with E-state index in [9.17, 15) is 8.42 Å². The van der Waals surface area contributed by atoms with Gasteiger partial charge in [0.05, 0.1) is 10.9 Å². The zero-order chi connectivity index (χ0) is 17.4. The summed E-state index contributed by atoms with van der Waals surface area (Å²) in [6.45, 7) is 3.94. The Morgan fingerprint density at radius 1 is 1.12 bits per heavy atom. The van der Waals surface area contributed by atoms with Gasteiger partial charge in [0.15, 0.2) is 0 Å². The summed E-state index contributed by atoms with van der Waals surface area (Å²) in [4.78, 5) is 1.31. The van der Waals surface area contributed by atoms with E-state index in [4.69, 9.17) is 4.74 Å². The molecule has 1 atom stereocenters. The zero-order valence-electron chi connectivity index (χ0n) is 13.9. The van der Waals surface area contributed by atoms with Gasteiger partial charge < -0.3 is 4.74 Å². The Kier molecular flexibility index (Phi) is 4.64. The monoisotopic (exact) mass is 363 g/mol.